The van der Waals surface area contributed by atoms with E-state index in [9.17, 15) is 4.79 Å². The van der Waals surface area contributed by atoms with Gasteiger partial charge in [0.25, 0.3) is 5.91 Å². The monoisotopic (exact) mass is 369 g/mol. The molecule has 0 radical (unpaired) electrons. The number of amides is 1. The molecule has 1 atom stereocenters. The zero-order chi connectivity index (χ0) is 17.9. The van der Waals surface area contributed by atoms with E-state index >= 15 is 0 Å². The Labute approximate surface area is 157 Å². The number of likely N-dealkylation sites (tertiary alicyclic amines) is 1. The molecule has 1 aliphatic heterocycles. The largest absolute Gasteiger partial charge is 0.350 e. The van der Waals surface area contributed by atoms with Gasteiger partial charge in [-0.1, -0.05) is 6.07 Å². The van der Waals surface area contributed by atoms with Crippen molar-refractivity contribution in [2.75, 3.05) is 19.6 Å². The van der Waals surface area contributed by atoms with Gasteiger partial charge in [-0.05, 0) is 49.5 Å². The molecule has 3 aromatic rings. The van der Waals surface area contributed by atoms with E-state index in [0.29, 0.717) is 12.1 Å². The molecule has 0 saturated carbocycles. The van der Waals surface area contributed by atoms with Gasteiger partial charge in [-0.2, -0.15) is 5.10 Å². The fourth-order valence-corrected chi connectivity index (χ4v) is 4.46. The van der Waals surface area contributed by atoms with Crippen molar-refractivity contribution in [3.05, 3.63) is 58.7 Å². The molecule has 0 aromatic carbocycles. The van der Waals surface area contributed by atoms with Crippen LogP contribution in [0.1, 0.15) is 34.1 Å². The number of nitrogens with one attached hydrogen (secondary N) is 1. The van der Waals surface area contributed by atoms with Crippen molar-refractivity contribution in [3.8, 4) is 5.82 Å². The van der Waals surface area contributed by atoms with Gasteiger partial charge in [-0.15, -0.1) is 11.3 Å². The molecule has 3 aromatic heterocycles. The first-order chi connectivity index (χ1) is 12.7. The van der Waals surface area contributed by atoms with Crippen molar-refractivity contribution in [1.29, 1.82) is 0 Å². The van der Waals surface area contributed by atoms with Gasteiger partial charge in [0.2, 0.25) is 0 Å². The van der Waals surface area contributed by atoms with Gasteiger partial charge in [0.15, 0.2) is 0 Å². The topological polar surface area (TPSA) is 55.1 Å². The standard InChI is InChI=1S/C19H23N5OS/c1-22-19(24-10-4-5-11-24)15(13-21-22)18(25)20-14-16(17-7-6-12-26-17)23-8-2-3-9-23/h4-7,10-13,16H,2-3,8-9,14H2,1H3,(H,20,25)/t16-/m0/s1. The highest BCUT2D eigenvalue weighted by molar-refractivity contribution is 7.10. The van der Waals surface area contributed by atoms with Crippen molar-refractivity contribution in [2.45, 2.75) is 18.9 Å². The summed E-state index contributed by atoms with van der Waals surface area (Å²) in [6.45, 7) is 2.80. The lowest BCUT2D eigenvalue weighted by molar-refractivity contribution is 0.0938. The number of rotatable bonds is 6. The molecular formula is C19H23N5OS. The summed E-state index contributed by atoms with van der Waals surface area (Å²) >= 11 is 1.76. The number of aromatic nitrogens is 3. The highest BCUT2D eigenvalue weighted by Gasteiger charge is 2.25. The molecule has 1 aliphatic rings. The van der Waals surface area contributed by atoms with E-state index in [1.165, 1.54) is 17.7 Å². The SMILES string of the molecule is Cn1ncc(C(=O)NC[C@@H](c2cccs2)N2CCCC2)c1-n1cccc1. The molecule has 0 bridgehead atoms. The second kappa shape index (κ2) is 7.47. The van der Waals surface area contributed by atoms with Gasteiger partial charge in [0, 0.05) is 30.9 Å². The number of aryl methyl sites for hydroxylation is 1. The summed E-state index contributed by atoms with van der Waals surface area (Å²) in [5.74, 6) is 0.698. The smallest absolute Gasteiger partial charge is 0.256 e. The molecule has 0 unspecified atom stereocenters. The van der Waals surface area contributed by atoms with Crippen LogP contribution >= 0.6 is 11.3 Å². The number of carbonyl (C=O) groups excluding carboxylic acids is 1. The fraction of sp³-hybridized carbons (Fsp3) is 0.368. The van der Waals surface area contributed by atoms with Crippen LogP contribution in [-0.2, 0) is 7.05 Å². The maximum Gasteiger partial charge on any atom is 0.256 e. The van der Waals surface area contributed by atoms with Gasteiger partial charge >= 0.3 is 0 Å². The molecule has 7 heteroatoms. The first-order valence-corrected chi connectivity index (χ1v) is 9.83. The summed E-state index contributed by atoms with van der Waals surface area (Å²) in [6, 6.07) is 8.36. The van der Waals surface area contributed by atoms with E-state index in [1.807, 2.05) is 36.1 Å². The summed E-state index contributed by atoms with van der Waals surface area (Å²) in [5, 5.41) is 9.52. The van der Waals surface area contributed by atoms with Crippen molar-refractivity contribution < 1.29 is 4.79 Å². The molecular weight excluding hydrogens is 346 g/mol. The fourth-order valence-electron chi connectivity index (χ4n) is 3.60. The highest BCUT2D eigenvalue weighted by atomic mass is 32.1. The van der Waals surface area contributed by atoms with E-state index in [0.717, 1.165) is 18.9 Å². The zero-order valence-corrected chi connectivity index (χ0v) is 15.7. The Balaban J connectivity index is 1.51. The van der Waals surface area contributed by atoms with E-state index in [1.54, 1.807) is 22.2 Å². The first kappa shape index (κ1) is 17.1. The van der Waals surface area contributed by atoms with Gasteiger partial charge in [0.1, 0.15) is 11.4 Å². The van der Waals surface area contributed by atoms with E-state index in [4.69, 9.17) is 0 Å². The van der Waals surface area contributed by atoms with Gasteiger partial charge in [-0.25, -0.2) is 0 Å². The normalized spacial score (nSPS) is 16.0. The maximum absolute atomic E-state index is 12.9. The second-order valence-electron chi connectivity index (χ2n) is 6.58. The molecule has 4 heterocycles. The molecule has 0 spiro atoms. The van der Waals surface area contributed by atoms with Crippen molar-refractivity contribution in [2.24, 2.45) is 7.05 Å². The Hall–Kier alpha value is -2.38. The predicted octanol–water partition coefficient (Wildman–Crippen LogP) is 2.84. The Bertz CT molecular complexity index is 847. The minimum atomic E-state index is -0.0810. The first-order valence-electron chi connectivity index (χ1n) is 8.95. The average molecular weight is 369 g/mol. The molecule has 1 saturated heterocycles. The number of nitrogens with zero attached hydrogens (tertiary/aromatic N) is 4. The Morgan fingerprint density at radius 1 is 1.27 bits per heavy atom. The number of hydrogen-bond donors (Lipinski definition) is 1. The van der Waals surface area contributed by atoms with Gasteiger partial charge in [0.05, 0.1) is 12.2 Å². The lowest BCUT2D eigenvalue weighted by atomic mass is 10.2. The molecule has 4 rings (SSSR count). The Kier molecular flexibility index (Phi) is 4.90. The predicted molar refractivity (Wildman–Crippen MR) is 103 cm³/mol. The van der Waals surface area contributed by atoms with Crippen LogP contribution in [0.2, 0.25) is 0 Å². The molecule has 136 valence electrons. The van der Waals surface area contributed by atoms with E-state index < -0.39 is 0 Å². The minimum Gasteiger partial charge on any atom is -0.350 e. The lowest BCUT2D eigenvalue weighted by Gasteiger charge is -2.26. The molecule has 1 amide bonds. The van der Waals surface area contributed by atoms with Crippen LogP contribution in [0.5, 0.6) is 0 Å². The Morgan fingerprint density at radius 2 is 2.04 bits per heavy atom. The summed E-state index contributed by atoms with van der Waals surface area (Å²) in [4.78, 5) is 16.7. The summed E-state index contributed by atoms with van der Waals surface area (Å²) in [6.07, 6.45) is 7.95. The third kappa shape index (κ3) is 3.32. The molecule has 0 aliphatic carbocycles. The van der Waals surface area contributed by atoms with Crippen molar-refractivity contribution >= 4 is 17.2 Å². The van der Waals surface area contributed by atoms with E-state index in [2.05, 4.69) is 32.8 Å². The minimum absolute atomic E-state index is 0.0810. The quantitative estimate of drug-likeness (QED) is 0.727. The number of carbonyl (C=O) groups is 1. The second-order valence-corrected chi connectivity index (χ2v) is 7.56. The van der Waals surface area contributed by atoms with Crippen LogP contribution < -0.4 is 5.32 Å². The maximum atomic E-state index is 12.9. The van der Waals surface area contributed by atoms with Gasteiger partial charge < -0.3 is 9.88 Å². The van der Waals surface area contributed by atoms with Crippen LogP contribution in [0, 0.1) is 0 Å². The molecule has 6 nitrogen and oxygen atoms in total. The number of thiophene rings is 1. The van der Waals surface area contributed by atoms with Crippen LogP contribution in [-0.4, -0.2) is 44.8 Å². The molecule has 1 fully saturated rings. The van der Waals surface area contributed by atoms with Crippen LogP contribution in [0.4, 0.5) is 0 Å². The van der Waals surface area contributed by atoms with Crippen LogP contribution in [0.25, 0.3) is 5.82 Å². The van der Waals surface area contributed by atoms with Crippen LogP contribution in [0.3, 0.4) is 0 Å². The molecule has 1 N–H and O–H groups in total. The van der Waals surface area contributed by atoms with E-state index in [-0.39, 0.29) is 11.9 Å². The van der Waals surface area contributed by atoms with Gasteiger partial charge in [-0.3, -0.25) is 14.4 Å². The third-order valence-electron chi connectivity index (χ3n) is 4.91. The molecule has 26 heavy (non-hydrogen) atoms. The Morgan fingerprint density at radius 3 is 2.73 bits per heavy atom. The lowest BCUT2D eigenvalue weighted by Crippen LogP contribution is -2.36. The number of hydrogen-bond acceptors (Lipinski definition) is 4. The third-order valence-corrected chi connectivity index (χ3v) is 5.88. The highest BCUT2D eigenvalue weighted by Crippen LogP contribution is 2.28. The summed E-state index contributed by atoms with van der Waals surface area (Å²) < 4.78 is 3.64. The summed E-state index contributed by atoms with van der Waals surface area (Å²) in [7, 11) is 1.85. The van der Waals surface area contributed by atoms with Crippen molar-refractivity contribution in [1.82, 2.24) is 24.6 Å². The average Bonchev–Trinajstić information content (AvgIpc) is 3.42. The van der Waals surface area contributed by atoms with Crippen LogP contribution in [0.15, 0.2) is 48.2 Å². The zero-order valence-electron chi connectivity index (χ0n) is 14.8. The summed E-state index contributed by atoms with van der Waals surface area (Å²) in [5.41, 5.74) is 0.593. The van der Waals surface area contributed by atoms with Crippen molar-refractivity contribution in [3.63, 3.8) is 0 Å².